The molecule has 1 unspecified atom stereocenters. The van der Waals surface area contributed by atoms with Gasteiger partial charge in [0.15, 0.2) is 0 Å². The van der Waals surface area contributed by atoms with E-state index < -0.39 is 0 Å². The van der Waals surface area contributed by atoms with Crippen molar-refractivity contribution in [3.8, 4) is 0 Å². The maximum absolute atomic E-state index is 3.50. The number of hydrogen-bond donors (Lipinski definition) is 1. The topological polar surface area (TPSA) is 15.3 Å². The first-order valence-electron chi connectivity index (χ1n) is 7.32. The van der Waals surface area contributed by atoms with Crippen LogP contribution < -0.4 is 5.32 Å². The van der Waals surface area contributed by atoms with Crippen LogP contribution in [0.25, 0.3) is 0 Å². The normalized spacial score (nSPS) is 17.4. The fraction of sp³-hybridized carbons (Fsp3) is 0.625. The molecule has 0 amide bonds. The summed E-state index contributed by atoms with van der Waals surface area (Å²) < 4.78 is 0. The van der Waals surface area contributed by atoms with Crippen molar-refractivity contribution in [2.45, 2.75) is 45.7 Å². The predicted octanol–water partition coefficient (Wildman–Crippen LogP) is 2.82. The third-order valence-electron chi connectivity index (χ3n) is 3.95. The van der Waals surface area contributed by atoms with Crippen molar-refractivity contribution in [1.29, 1.82) is 0 Å². The summed E-state index contributed by atoms with van der Waals surface area (Å²) in [5.41, 5.74) is 3.07. The third kappa shape index (κ3) is 3.56. The van der Waals surface area contributed by atoms with E-state index in [0.29, 0.717) is 6.04 Å². The molecular formula is C16H26N2. The Kier molecular flexibility index (Phi) is 5.21. The van der Waals surface area contributed by atoms with Crippen LogP contribution in [0.2, 0.25) is 0 Å². The van der Waals surface area contributed by atoms with Crippen LogP contribution in [-0.2, 0) is 13.0 Å². The minimum absolute atomic E-state index is 0.683. The second-order valence-electron chi connectivity index (χ2n) is 5.38. The van der Waals surface area contributed by atoms with Gasteiger partial charge in [0.05, 0.1) is 0 Å². The van der Waals surface area contributed by atoms with Crippen LogP contribution in [0.15, 0.2) is 24.3 Å². The molecule has 0 aliphatic carbocycles. The number of fused-ring (bicyclic) bond motifs is 1. The van der Waals surface area contributed by atoms with Crippen molar-refractivity contribution < 1.29 is 0 Å². The van der Waals surface area contributed by atoms with Crippen molar-refractivity contribution in [3.63, 3.8) is 0 Å². The molecule has 0 bridgehead atoms. The zero-order valence-electron chi connectivity index (χ0n) is 11.8. The number of rotatable bonds is 6. The second kappa shape index (κ2) is 6.91. The molecule has 1 N–H and O–H groups in total. The summed E-state index contributed by atoms with van der Waals surface area (Å²) >= 11 is 0. The lowest BCUT2D eigenvalue weighted by Gasteiger charge is -2.33. The lowest BCUT2D eigenvalue weighted by Crippen LogP contribution is -2.39. The molecule has 2 heteroatoms. The minimum Gasteiger partial charge on any atom is -0.317 e. The van der Waals surface area contributed by atoms with Gasteiger partial charge in [0.25, 0.3) is 0 Å². The van der Waals surface area contributed by atoms with E-state index in [0.717, 1.165) is 19.6 Å². The molecule has 0 saturated carbocycles. The van der Waals surface area contributed by atoms with Gasteiger partial charge in [-0.25, -0.2) is 0 Å². The molecule has 2 nitrogen and oxygen atoms in total. The van der Waals surface area contributed by atoms with Crippen LogP contribution in [0.4, 0.5) is 0 Å². The largest absolute Gasteiger partial charge is 0.317 e. The average Bonchev–Trinajstić information content (AvgIpc) is 2.43. The Morgan fingerprint density at radius 2 is 2.00 bits per heavy atom. The highest BCUT2D eigenvalue weighted by Crippen LogP contribution is 2.20. The molecule has 1 aromatic rings. The standard InChI is InChI=1S/C16H26N2/c1-3-10-17-11-8-14(2)18-12-9-15-6-4-5-7-16(15)13-18/h4-7,14,17H,3,8-13H2,1-2H3. The van der Waals surface area contributed by atoms with Crippen LogP contribution in [0.5, 0.6) is 0 Å². The van der Waals surface area contributed by atoms with E-state index in [1.165, 1.54) is 31.4 Å². The Labute approximate surface area is 111 Å². The molecule has 0 spiro atoms. The van der Waals surface area contributed by atoms with E-state index in [1.54, 1.807) is 5.56 Å². The lowest BCUT2D eigenvalue weighted by atomic mass is 9.98. The number of hydrogen-bond acceptors (Lipinski definition) is 2. The Balaban J connectivity index is 1.81. The van der Waals surface area contributed by atoms with Crippen LogP contribution in [0.1, 0.15) is 37.8 Å². The number of nitrogens with one attached hydrogen (secondary N) is 1. The molecule has 2 rings (SSSR count). The molecule has 1 aliphatic rings. The Morgan fingerprint density at radius 1 is 1.22 bits per heavy atom. The lowest BCUT2D eigenvalue weighted by molar-refractivity contribution is 0.181. The van der Waals surface area contributed by atoms with Gasteiger partial charge in [0.1, 0.15) is 0 Å². The minimum atomic E-state index is 0.683. The molecule has 1 aliphatic heterocycles. The third-order valence-corrected chi connectivity index (χ3v) is 3.95. The molecule has 0 aromatic heterocycles. The van der Waals surface area contributed by atoms with Crippen LogP contribution in [0, 0.1) is 0 Å². The van der Waals surface area contributed by atoms with Gasteiger partial charge in [-0.05, 0) is 50.4 Å². The number of benzene rings is 1. The van der Waals surface area contributed by atoms with Gasteiger partial charge < -0.3 is 5.32 Å². The monoisotopic (exact) mass is 246 g/mol. The van der Waals surface area contributed by atoms with Gasteiger partial charge in [-0.15, -0.1) is 0 Å². The summed E-state index contributed by atoms with van der Waals surface area (Å²) in [7, 11) is 0. The SMILES string of the molecule is CCCNCCC(C)N1CCc2ccccc2C1. The summed E-state index contributed by atoms with van der Waals surface area (Å²) in [5, 5.41) is 3.50. The van der Waals surface area contributed by atoms with E-state index in [1.807, 2.05) is 0 Å². The summed E-state index contributed by atoms with van der Waals surface area (Å²) in [4.78, 5) is 2.62. The molecule has 0 fully saturated rings. The first kappa shape index (κ1) is 13.6. The highest BCUT2D eigenvalue weighted by molar-refractivity contribution is 5.29. The van der Waals surface area contributed by atoms with Crippen molar-refractivity contribution in [2.24, 2.45) is 0 Å². The summed E-state index contributed by atoms with van der Waals surface area (Å²) in [6, 6.07) is 9.56. The van der Waals surface area contributed by atoms with Crippen molar-refractivity contribution >= 4 is 0 Å². The molecule has 0 saturated heterocycles. The average molecular weight is 246 g/mol. The molecule has 1 aromatic carbocycles. The van der Waals surface area contributed by atoms with Crippen LogP contribution >= 0.6 is 0 Å². The number of nitrogens with zero attached hydrogens (tertiary/aromatic N) is 1. The van der Waals surface area contributed by atoms with Crippen molar-refractivity contribution in [2.75, 3.05) is 19.6 Å². The quantitative estimate of drug-likeness (QED) is 0.777. The molecule has 1 atom stereocenters. The first-order chi connectivity index (χ1) is 8.81. The zero-order chi connectivity index (χ0) is 12.8. The maximum Gasteiger partial charge on any atom is 0.0239 e. The molecule has 1 heterocycles. The van der Waals surface area contributed by atoms with E-state index in [9.17, 15) is 0 Å². The first-order valence-corrected chi connectivity index (χ1v) is 7.32. The van der Waals surface area contributed by atoms with Gasteiger partial charge in [-0.1, -0.05) is 31.2 Å². The zero-order valence-corrected chi connectivity index (χ0v) is 11.8. The van der Waals surface area contributed by atoms with Crippen molar-refractivity contribution in [3.05, 3.63) is 35.4 Å². The highest BCUT2D eigenvalue weighted by atomic mass is 15.2. The van der Waals surface area contributed by atoms with E-state index in [2.05, 4.69) is 48.3 Å². The van der Waals surface area contributed by atoms with E-state index in [-0.39, 0.29) is 0 Å². The van der Waals surface area contributed by atoms with Gasteiger partial charge in [-0.2, -0.15) is 0 Å². The van der Waals surface area contributed by atoms with E-state index >= 15 is 0 Å². The second-order valence-corrected chi connectivity index (χ2v) is 5.38. The highest BCUT2D eigenvalue weighted by Gasteiger charge is 2.19. The molecule has 100 valence electrons. The van der Waals surface area contributed by atoms with Gasteiger partial charge >= 0.3 is 0 Å². The Bertz CT molecular complexity index is 362. The van der Waals surface area contributed by atoms with E-state index in [4.69, 9.17) is 0 Å². The Hall–Kier alpha value is -0.860. The van der Waals surface area contributed by atoms with Crippen molar-refractivity contribution in [1.82, 2.24) is 10.2 Å². The molecule has 18 heavy (non-hydrogen) atoms. The smallest absolute Gasteiger partial charge is 0.0239 e. The predicted molar refractivity (Wildman–Crippen MR) is 77.8 cm³/mol. The summed E-state index contributed by atoms with van der Waals surface area (Å²) in [6.45, 7) is 9.22. The Morgan fingerprint density at radius 3 is 2.78 bits per heavy atom. The summed E-state index contributed by atoms with van der Waals surface area (Å²) in [5.74, 6) is 0. The van der Waals surface area contributed by atoms with Gasteiger partial charge in [0, 0.05) is 19.1 Å². The van der Waals surface area contributed by atoms with Crippen LogP contribution in [0.3, 0.4) is 0 Å². The molecular weight excluding hydrogens is 220 g/mol. The van der Waals surface area contributed by atoms with Gasteiger partial charge in [-0.3, -0.25) is 4.90 Å². The molecule has 0 radical (unpaired) electrons. The fourth-order valence-corrected chi connectivity index (χ4v) is 2.69. The summed E-state index contributed by atoms with van der Waals surface area (Å²) in [6.07, 6.45) is 3.69. The fourth-order valence-electron chi connectivity index (χ4n) is 2.69. The maximum atomic E-state index is 3.50. The van der Waals surface area contributed by atoms with Crippen LogP contribution in [-0.4, -0.2) is 30.6 Å². The van der Waals surface area contributed by atoms with Gasteiger partial charge in [0.2, 0.25) is 0 Å².